The van der Waals surface area contributed by atoms with E-state index in [1.165, 1.54) is 6.07 Å². The number of piperidine rings is 1. The van der Waals surface area contributed by atoms with E-state index in [0.29, 0.717) is 6.42 Å². The first-order chi connectivity index (χ1) is 10.3. The molecule has 0 N–H and O–H groups in total. The van der Waals surface area contributed by atoms with E-state index in [9.17, 15) is 22.4 Å². The molecule has 1 aromatic heterocycles. The van der Waals surface area contributed by atoms with E-state index < -0.39 is 17.5 Å². The van der Waals surface area contributed by atoms with E-state index in [2.05, 4.69) is 4.98 Å². The van der Waals surface area contributed by atoms with Crippen LogP contribution < -0.4 is 0 Å². The van der Waals surface area contributed by atoms with E-state index in [1.807, 2.05) is 6.92 Å². The Kier molecular flexibility index (Phi) is 4.72. The maximum atomic E-state index is 15.0. The lowest BCUT2D eigenvalue weighted by molar-refractivity contribution is -0.141. The van der Waals surface area contributed by atoms with Crippen molar-refractivity contribution < 1.29 is 22.4 Å². The first-order valence-electron chi connectivity index (χ1n) is 7.27. The molecule has 1 amide bonds. The second-order valence-corrected chi connectivity index (χ2v) is 5.52. The molecule has 0 saturated carbocycles. The predicted octanol–water partition coefficient (Wildman–Crippen LogP) is 3.69. The van der Waals surface area contributed by atoms with Gasteiger partial charge in [0.1, 0.15) is 11.4 Å². The number of aromatic nitrogens is 1. The smallest absolute Gasteiger partial charge is 0.342 e. The number of amides is 1. The van der Waals surface area contributed by atoms with Gasteiger partial charge in [-0.15, -0.1) is 0 Å². The molecule has 0 atom stereocenters. The molecule has 1 saturated heterocycles. The normalized spacial score (nSPS) is 18.3. The third-order valence-electron chi connectivity index (χ3n) is 3.94. The third kappa shape index (κ3) is 3.56. The summed E-state index contributed by atoms with van der Waals surface area (Å²) < 4.78 is 53.0. The monoisotopic (exact) mass is 318 g/mol. The topological polar surface area (TPSA) is 33.2 Å². The maximum absolute atomic E-state index is 15.0. The Balaban J connectivity index is 2.12. The molecule has 0 aromatic carbocycles. The number of likely N-dealkylation sites (tertiary alicyclic amines) is 1. The number of nitrogens with zero attached hydrogens (tertiary/aromatic N) is 2. The molecule has 1 fully saturated rings. The fourth-order valence-corrected chi connectivity index (χ4v) is 2.64. The van der Waals surface area contributed by atoms with Crippen LogP contribution in [0.2, 0.25) is 0 Å². The van der Waals surface area contributed by atoms with Gasteiger partial charge in [-0.2, -0.15) is 13.2 Å². The van der Waals surface area contributed by atoms with Crippen LogP contribution in [0.15, 0.2) is 18.3 Å². The highest BCUT2D eigenvalue weighted by Crippen LogP contribution is 2.39. The third-order valence-corrected chi connectivity index (χ3v) is 3.94. The lowest BCUT2D eigenvalue weighted by atomic mass is 9.86. The number of carbonyl (C=O) groups excluding carboxylic acids is 1. The second kappa shape index (κ2) is 6.22. The van der Waals surface area contributed by atoms with Crippen molar-refractivity contribution in [3.63, 3.8) is 0 Å². The first kappa shape index (κ1) is 16.7. The van der Waals surface area contributed by atoms with Gasteiger partial charge < -0.3 is 4.90 Å². The molecule has 2 rings (SSSR count). The Bertz CT molecular complexity index is 537. The van der Waals surface area contributed by atoms with Crippen LogP contribution in [0, 0.1) is 0 Å². The number of carbonyl (C=O) groups is 1. The lowest BCUT2D eigenvalue weighted by Gasteiger charge is -2.36. The zero-order valence-electron chi connectivity index (χ0n) is 12.3. The Morgan fingerprint density at radius 2 is 2.00 bits per heavy atom. The minimum absolute atomic E-state index is 0.00373. The van der Waals surface area contributed by atoms with Crippen LogP contribution in [0.3, 0.4) is 0 Å². The number of hydrogen-bond donors (Lipinski definition) is 0. The van der Waals surface area contributed by atoms with E-state index >= 15 is 0 Å². The molecule has 1 aliphatic rings. The number of halogens is 4. The highest BCUT2D eigenvalue weighted by Gasteiger charge is 2.40. The summed E-state index contributed by atoms with van der Waals surface area (Å²) in [7, 11) is 0. The highest BCUT2D eigenvalue weighted by atomic mass is 19.4. The second-order valence-electron chi connectivity index (χ2n) is 5.52. The minimum atomic E-state index is -4.59. The van der Waals surface area contributed by atoms with Gasteiger partial charge in [-0.1, -0.05) is 6.92 Å². The van der Waals surface area contributed by atoms with E-state index in [0.717, 1.165) is 18.7 Å². The average molecular weight is 318 g/mol. The van der Waals surface area contributed by atoms with Gasteiger partial charge in [-0.05, 0) is 24.1 Å². The molecule has 7 heteroatoms. The Morgan fingerprint density at radius 3 is 2.55 bits per heavy atom. The molecule has 1 aromatic rings. The summed E-state index contributed by atoms with van der Waals surface area (Å²) in [6.45, 7) is 2.33. The molecule has 2 heterocycles. The van der Waals surface area contributed by atoms with Gasteiger partial charge in [0, 0.05) is 38.5 Å². The molecule has 0 unspecified atom stereocenters. The summed E-state index contributed by atoms with van der Waals surface area (Å²) in [5.74, 6) is -0.0322. The van der Waals surface area contributed by atoms with Crippen molar-refractivity contribution in [2.24, 2.45) is 0 Å². The van der Waals surface area contributed by atoms with Crippen LogP contribution in [0.1, 0.15) is 43.9 Å². The molecule has 0 bridgehead atoms. The maximum Gasteiger partial charge on any atom is 0.433 e. The van der Waals surface area contributed by atoms with Crippen LogP contribution in [0.4, 0.5) is 17.6 Å². The number of rotatable bonds is 3. The fraction of sp³-hybridized carbons (Fsp3) is 0.600. The summed E-state index contributed by atoms with van der Waals surface area (Å²) >= 11 is 0. The van der Waals surface area contributed by atoms with Crippen LogP contribution in [-0.4, -0.2) is 28.9 Å². The van der Waals surface area contributed by atoms with Gasteiger partial charge in [0.05, 0.1) is 0 Å². The van der Waals surface area contributed by atoms with Crippen molar-refractivity contribution in [1.29, 1.82) is 0 Å². The van der Waals surface area contributed by atoms with Crippen LogP contribution in [0.25, 0.3) is 0 Å². The van der Waals surface area contributed by atoms with E-state index in [1.54, 1.807) is 4.90 Å². The van der Waals surface area contributed by atoms with E-state index in [-0.39, 0.29) is 37.4 Å². The SMILES string of the molecule is CCCC(=O)N1CCC(F)(c2ccnc(C(F)(F)F)c2)CC1. The van der Waals surface area contributed by atoms with Crippen LogP contribution in [0.5, 0.6) is 0 Å². The van der Waals surface area contributed by atoms with Crippen molar-refractivity contribution in [1.82, 2.24) is 9.88 Å². The molecular formula is C15H18F4N2O. The van der Waals surface area contributed by atoms with Crippen molar-refractivity contribution in [2.75, 3.05) is 13.1 Å². The minimum Gasteiger partial charge on any atom is -0.342 e. The van der Waals surface area contributed by atoms with Gasteiger partial charge in [-0.25, -0.2) is 4.39 Å². The van der Waals surface area contributed by atoms with Crippen LogP contribution >= 0.6 is 0 Å². The van der Waals surface area contributed by atoms with Gasteiger partial charge in [-0.3, -0.25) is 9.78 Å². The van der Waals surface area contributed by atoms with Gasteiger partial charge in [0.15, 0.2) is 0 Å². The van der Waals surface area contributed by atoms with Crippen molar-refractivity contribution >= 4 is 5.91 Å². The Labute approximate surface area is 126 Å². The first-order valence-corrected chi connectivity index (χ1v) is 7.27. The van der Waals surface area contributed by atoms with Gasteiger partial charge >= 0.3 is 6.18 Å². The molecule has 0 aliphatic carbocycles. The fourth-order valence-electron chi connectivity index (χ4n) is 2.64. The van der Waals surface area contributed by atoms with Gasteiger partial charge in [0.2, 0.25) is 5.91 Å². The largest absolute Gasteiger partial charge is 0.433 e. The number of alkyl halides is 4. The van der Waals surface area contributed by atoms with Crippen molar-refractivity contribution in [3.8, 4) is 0 Å². The molecule has 22 heavy (non-hydrogen) atoms. The van der Waals surface area contributed by atoms with Crippen LogP contribution in [-0.2, 0) is 16.6 Å². The zero-order chi connectivity index (χ0) is 16.4. The quantitative estimate of drug-likeness (QED) is 0.796. The molecule has 0 radical (unpaired) electrons. The molecule has 1 aliphatic heterocycles. The molecule has 3 nitrogen and oxygen atoms in total. The summed E-state index contributed by atoms with van der Waals surface area (Å²) in [4.78, 5) is 16.6. The average Bonchev–Trinajstić information content (AvgIpc) is 2.47. The Morgan fingerprint density at radius 1 is 1.36 bits per heavy atom. The van der Waals surface area contributed by atoms with Crippen molar-refractivity contribution in [3.05, 3.63) is 29.6 Å². The van der Waals surface area contributed by atoms with Gasteiger partial charge in [0.25, 0.3) is 0 Å². The molecule has 122 valence electrons. The summed E-state index contributed by atoms with van der Waals surface area (Å²) in [5, 5.41) is 0. The molecular weight excluding hydrogens is 300 g/mol. The number of pyridine rings is 1. The zero-order valence-corrected chi connectivity index (χ0v) is 12.3. The highest BCUT2D eigenvalue weighted by molar-refractivity contribution is 5.76. The standard InChI is InChI=1S/C15H18F4N2O/c1-2-3-13(22)21-8-5-14(16,6-9-21)11-4-7-20-12(10-11)15(17,18)19/h4,7,10H,2-3,5-6,8-9H2,1H3. The predicted molar refractivity (Wildman–Crippen MR) is 72.7 cm³/mol. The molecule has 0 spiro atoms. The summed E-state index contributed by atoms with van der Waals surface area (Å²) in [6, 6.07) is 2.04. The van der Waals surface area contributed by atoms with Crippen molar-refractivity contribution in [2.45, 2.75) is 44.5 Å². The summed E-state index contributed by atoms with van der Waals surface area (Å²) in [5.41, 5.74) is -2.95. The lowest BCUT2D eigenvalue weighted by Crippen LogP contribution is -2.43. The van der Waals surface area contributed by atoms with E-state index in [4.69, 9.17) is 0 Å². The Hall–Kier alpha value is -1.66. The number of hydrogen-bond acceptors (Lipinski definition) is 2. The summed E-state index contributed by atoms with van der Waals surface area (Å²) in [6.07, 6.45) is -2.48.